The number of H-pyrrole nitrogens is 1. The summed E-state index contributed by atoms with van der Waals surface area (Å²) in [4.78, 5) is 12.5. The Morgan fingerprint density at radius 2 is 2.17 bits per heavy atom. The highest BCUT2D eigenvalue weighted by Crippen LogP contribution is 1.99. The van der Waals surface area contributed by atoms with Crippen molar-refractivity contribution in [3.8, 4) is 0 Å². The molecule has 1 aromatic heterocycles. The van der Waals surface area contributed by atoms with Gasteiger partial charge in [-0.2, -0.15) is 0 Å². The molecule has 1 rings (SSSR count). The van der Waals surface area contributed by atoms with Crippen molar-refractivity contribution in [3.05, 3.63) is 23.5 Å². The van der Waals surface area contributed by atoms with Crippen LogP contribution in [-0.4, -0.2) is 16.1 Å². The molecule has 3 nitrogen and oxygen atoms in total. The van der Waals surface area contributed by atoms with Gasteiger partial charge in [-0.3, -0.25) is 4.79 Å². The Bertz CT molecular complexity index is 219. The summed E-state index contributed by atoms with van der Waals surface area (Å²) in [5, 5.41) is 8.68. The number of carbonyl (C=O) groups is 1. The van der Waals surface area contributed by atoms with E-state index in [1.54, 1.807) is 26.1 Å². The van der Waals surface area contributed by atoms with Crippen molar-refractivity contribution in [3.63, 3.8) is 0 Å². The molecular formula is C8H12ClNO2. The van der Waals surface area contributed by atoms with Crippen LogP contribution in [0.1, 0.15) is 13.8 Å². The van der Waals surface area contributed by atoms with Crippen LogP contribution in [0.2, 0.25) is 5.15 Å². The van der Waals surface area contributed by atoms with Gasteiger partial charge in [0.25, 0.3) is 0 Å². The van der Waals surface area contributed by atoms with Crippen molar-refractivity contribution in [1.82, 2.24) is 4.98 Å². The van der Waals surface area contributed by atoms with E-state index in [0.29, 0.717) is 5.15 Å². The maximum atomic E-state index is 9.70. The summed E-state index contributed by atoms with van der Waals surface area (Å²) in [6, 6.07) is 3.64. The number of carboxylic acids is 1. The molecule has 68 valence electrons. The van der Waals surface area contributed by atoms with Gasteiger partial charge in [0.2, 0.25) is 0 Å². The molecule has 0 fully saturated rings. The topological polar surface area (TPSA) is 53.1 Å². The number of aromatic nitrogens is 1. The van der Waals surface area contributed by atoms with E-state index in [9.17, 15) is 4.79 Å². The van der Waals surface area contributed by atoms with Crippen LogP contribution in [0.25, 0.3) is 0 Å². The molecule has 0 aliphatic rings. The van der Waals surface area contributed by atoms with Gasteiger partial charge in [-0.25, -0.2) is 0 Å². The molecular weight excluding hydrogens is 178 g/mol. The van der Waals surface area contributed by atoms with Gasteiger partial charge in [0.15, 0.2) is 0 Å². The fourth-order valence-electron chi connectivity index (χ4n) is 0.308. The van der Waals surface area contributed by atoms with Crippen LogP contribution in [0, 0.1) is 5.92 Å². The highest BCUT2D eigenvalue weighted by Gasteiger charge is 1.99. The third kappa shape index (κ3) is 5.80. The molecule has 0 spiro atoms. The van der Waals surface area contributed by atoms with E-state index in [1.165, 1.54) is 0 Å². The molecule has 0 saturated heterocycles. The molecule has 1 aromatic rings. The van der Waals surface area contributed by atoms with Crippen molar-refractivity contribution in [1.29, 1.82) is 0 Å². The van der Waals surface area contributed by atoms with E-state index in [-0.39, 0.29) is 5.92 Å². The first-order valence-corrected chi connectivity index (χ1v) is 3.93. The second-order valence-corrected chi connectivity index (χ2v) is 2.92. The highest BCUT2D eigenvalue weighted by atomic mass is 35.5. The predicted molar refractivity (Wildman–Crippen MR) is 48.3 cm³/mol. The van der Waals surface area contributed by atoms with E-state index in [1.807, 2.05) is 6.07 Å². The lowest BCUT2D eigenvalue weighted by Crippen LogP contribution is -2.03. The van der Waals surface area contributed by atoms with Crippen LogP contribution < -0.4 is 0 Å². The maximum absolute atomic E-state index is 9.70. The van der Waals surface area contributed by atoms with E-state index < -0.39 is 5.97 Å². The molecule has 0 amide bonds. The highest BCUT2D eigenvalue weighted by molar-refractivity contribution is 6.29. The van der Waals surface area contributed by atoms with Crippen LogP contribution in [0.15, 0.2) is 18.3 Å². The Labute approximate surface area is 76.4 Å². The normalized spacial score (nSPS) is 9.00. The monoisotopic (exact) mass is 189 g/mol. The maximum Gasteiger partial charge on any atom is 0.305 e. The fraction of sp³-hybridized carbons (Fsp3) is 0.375. The lowest BCUT2D eigenvalue weighted by Gasteiger charge is -1.89. The molecule has 0 radical (unpaired) electrons. The quantitative estimate of drug-likeness (QED) is 0.713. The zero-order valence-electron chi connectivity index (χ0n) is 7.04. The third-order valence-corrected chi connectivity index (χ3v) is 1.29. The van der Waals surface area contributed by atoms with E-state index >= 15 is 0 Å². The van der Waals surface area contributed by atoms with Crippen molar-refractivity contribution in [2.24, 2.45) is 5.92 Å². The number of hydrogen-bond donors (Lipinski definition) is 2. The molecule has 2 N–H and O–H groups in total. The van der Waals surface area contributed by atoms with Crippen molar-refractivity contribution in [2.45, 2.75) is 13.8 Å². The average Bonchev–Trinajstić information content (AvgIpc) is 2.40. The third-order valence-electron chi connectivity index (χ3n) is 1.05. The van der Waals surface area contributed by atoms with Gasteiger partial charge in [0, 0.05) is 6.20 Å². The summed E-state index contributed by atoms with van der Waals surface area (Å²) in [7, 11) is 0. The Morgan fingerprint density at radius 3 is 2.25 bits per heavy atom. The molecule has 4 heteroatoms. The molecule has 0 aliphatic heterocycles. The smallest absolute Gasteiger partial charge is 0.305 e. The number of halogens is 1. The Morgan fingerprint density at radius 1 is 1.67 bits per heavy atom. The zero-order chi connectivity index (χ0) is 9.56. The molecule has 0 bridgehead atoms. The fourth-order valence-corrected chi connectivity index (χ4v) is 0.444. The number of hydrogen-bond acceptors (Lipinski definition) is 1. The number of aliphatic carboxylic acids is 1. The first-order valence-electron chi connectivity index (χ1n) is 3.55. The second-order valence-electron chi connectivity index (χ2n) is 2.51. The van der Waals surface area contributed by atoms with Crippen LogP contribution in [0.3, 0.4) is 0 Å². The summed E-state index contributed by atoms with van der Waals surface area (Å²) in [5.41, 5.74) is 0. The van der Waals surface area contributed by atoms with Gasteiger partial charge in [0.1, 0.15) is 5.15 Å². The Kier molecular flexibility index (Phi) is 5.21. The number of carboxylic acid groups (broad SMARTS) is 1. The van der Waals surface area contributed by atoms with Crippen LogP contribution in [-0.2, 0) is 4.79 Å². The van der Waals surface area contributed by atoms with E-state index in [0.717, 1.165) is 0 Å². The Balaban J connectivity index is 0.000000202. The lowest BCUT2D eigenvalue weighted by atomic mass is 10.2. The molecule has 1 heterocycles. The van der Waals surface area contributed by atoms with Gasteiger partial charge in [0.05, 0.1) is 5.92 Å². The Hall–Kier alpha value is -0.960. The molecule has 0 aliphatic carbocycles. The van der Waals surface area contributed by atoms with Gasteiger partial charge in [-0.1, -0.05) is 25.4 Å². The van der Waals surface area contributed by atoms with Crippen molar-refractivity contribution < 1.29 is 9.90 Å². The van der Waals surface area contributed by atoms with Crippen LogP contribution in [0.4, 0.5) is 0 Å². The minimum Gasteiger partial charge on any atom is -0.481 e. The minimum atomic E-state index is -0.741. The van der Waals surface area contributed by atoms with Gasteiger partial charge >= 0.3 is 5.97 Å². The summed E-state index contributed by atoms with van der Waals surface area (Å²) in [6.45, 7) is 3.28. The van der Waals surface area contributed by atoms with Crippen LogP contribution in [0.5, 0.6) is 0 Å². The summed E-state index contributed by atoms with van der Waals surface area (Å²) < 4.78 is 0. The summed E-state index contributed by atoms with van der Waals surface area (Å²) >= 11 is 5.40. The minimum absolute atomic E-state index is 0.231. The molecule has 12 heavy (non-hydrogen) atoms. The van der Waals surface area contributed by atoms with Gasteiger partial charge in [-0.05, 0) is 12.1 Å². The molecule has 0 unspecified atom stereocenters. The molecule has 0 aromatic carbocycles. The van der Waals surface area contributed by atoms with Crippen molar-refractivity contribution >= 4 is 17.6 Å². The van der Waals surface area contributed by atoms with Gasteiger partial charge < -0.3 is 10.1 Å². The SMILES string of the molecule is CC(C)C(=O)O.Clc1ccc[nH]1. The number of aromatic amines is 1. The predicted octanol–water partition coefficient (Wildman–Crippen LogP) is 2.40. The van der Waals surface area contributed by atoms with Gasteiger partial charge in [-0.15, -0.1) is 0 Å². The largest absolute Gasteiger partial charge is 0.481 e. The number of nitrogens with one attached hydrogen (secondary N) is 1. The molecule has 0 atom stereocenters. The van der Waals surface area contributed by atoms with E-state index in [2.05, 4.69) is 4.98 Å². The second kappa shape index (κ2) is 5.66. The molecule has 0 saturated carbocycles. The first kappa shape index (κ1) is 11.0. The summed E-state index contributed by atoms with van der Waals surface area (Å²) in [5.74, 6) is -0.972. The average molecular weight is 190 g/mol. The number of rotatable bonds is 1. The van der Waals surface area contributed by atoms with Crippen molar-refractivity contribution in [2.75, 3.05) is 0 Å². The zero-order valence-corrected chi connectivity index (χ0v) is 7.80. The lowest BCUT2D eigenvalue weighted by molar-refractivity contribution is -0.140. The van der Waals surface area contributed by atoms with E-state index in [4.69, 9.17) is 16.7 Å². The standard InChI is InChI=1S/C4H4ClN.C4H8O2/c5-4-2-1-3-6-4;1-3(2)4(5)6/h1-3,6H;3H,1-2H3,(H,5,6). The van der Waals surface area contributed by atoms with Crippen LogP contribution >= 0.6 is 11.6 Å². The summed E-state index contributed by atoms with van der Waals surface area (Å²) in [6.07, 6.45) is 1.78. The first-order chi connectivity index (χ1) is 5.54.